The van der Waals surface area contributed by atoms with Gasteiger partial charge in [-0.25, -0.2) is 0 Å². The average Bonchev–Trinajstić information content (AvgIpc) is 2.94. The second-order valence-corrected chi connectivity index (χ2v) is 9.78. The quantitative estimate of drug-likeness (QED) is 0.855. The fraction of sp³-hybridized carbons (Fsp3) is 1.00. The van der Waals surface area contributed by atoms with Gasteiger partial charge in [-0.1, -0.05) is 20.3 Å². The molecule has 1 nitrogen and oxygen atoms in total. The molecule has 0 spiro atoms. The number of nitrogens with two attached hydrogens (primary N) is 1. The first-order valence-corrected chi connectivity index (χ1v) is 9.65. The van der Waals surface area contributed by atoms with E-state index < -0.39 is 0 Å². The highest BCUT2D eigenvalue weighted by Crippen LogP contribution is 2.50. The van der Waals surface area contributed by atoms with Crippen LogP contribution in [-0.4, -0.2) is 27.5 Å². The maximum absolute atomic E-state index is 6.53. The van der Waals surface area contributed by atoms with E-state index in [4.69, 9.17) is 5.73 Å². The van der Waals surface area contributed by atoms with E-state index in [9.17, 15) is 0 Å². The Morgan fingerprint density at radius 2 is 2.00 bits per heavy atom. The highest BCUT2D eigenvalue weighted by atomic mass is 32.2. The van der Waals surface area contributed by atoms with E-state index >= 15 is 0 Å². The van der Waals surface area contributed by atoms with Crippen LogP contribution in [0.1, 0.15) is 46.0 Å². The van der Waals surface area contributed by atoms with Gasteiger partial charge < -0.3 is 5.73 Å². The van der Waals surface area contributed by atoms with E-state index in [2.05, 4.69) is 37.4 Å². The lowest BCUT2D eigenvalue weighted by Crippen LogP contribution is -2.41. The Hall–Kier alpha value is 0.660. The van der Waals surface area contributed by atoms with E-state index in [-0.39, 0.29) is 0 Å². The minimum Gasteiger partial charge on any atom is -0.327 e. The van der Waals surface area contributed by atoms with Gasteiger partial charge in [0.1, 0.15) is 0 Å². The molecule has 2 N–H and O–H groups in total. The lowest BCUT2D eigenvalue weighted by molar-refractivity contribution is 0.294. The monoisotopic (exact) mass is 285 g/mol. The summed E-state index contributed by atoms with van der Waals surface area (Å²) in [6.45, 7) is 4.73. The molecule has 0 aromatic heterocycles. The van der Waals surface area contributed by atoms with Crippen molar-refractivity contribution < 1.29 is 0 Å². The molecule has 1 saturated heterocycles. The third kappa shape index (κ3) is 2.73. The van der Waals surface area contributed by atoms with Gasteiger partial charge in [0.25, 0.3) is 0 Å². The molecule has 104 valence electrons. The number of thioether (sulfide) groups is 2. The fourth-order valence-electron chi connectivity index (χ4n) is 4.20. The standard InChI is InChI=1S/C15H27NS2/c1-9-10(2)18-15(8-17-9)14(16)7-13-6-11-3-4-12(13)5-11/h9-15H,3-8,16H2,1-2H3. The molecule has 1 heterocycles. The first-order valence-electron chi connectivity index (χ1n) is 7.66. The van der Waals surface area contributed by atoms with E-state index in [0.29, 0.717) is 11.3 Å². The van der Waals surface area contributed by atoms with E-state index in [1.54, 1.807) is 0 Å². The largest absolute Gasteiger partial charge is 0.327 e. The molecule has 7 atom stereocenters. The van der Waals surface area contributed by atoms with E-state index in [1.165, 1.54) is 37.9 Å². The van der Waals surface area contributed by atoms with Crippen molar-refractivity contribution >= 4 is 23.5 Å². The maximum Gasteiger partial charge on any atom is 0.0292 e. The van der Waals surface area contributed by atoms with Crippen LogP contribution < -0.4 is 5.73 Å². The minimum absolute atomic E-state index is 0.446. The van der Waals surface area contributed by atoms with Crippen LogP contribution in [0.2, 0.25) is 0 Å². The number of hydrogen-bond donors (Lipinski definition) is 1. The molecule has 3 rings (SSSR count). The smallest absolute Gasteiger partial charge is 0.0292 e. The Balaban J connectivity index is 1.51. The predicted octanol–water partition coefficient (Wildman–Crippen LogP) is 3.77. The highest BCUT2D eigenvalue weighted by Gasteiger charge is 2.41. The normalized spacial score (nSPS) is 49.5. The van der Waals surface area contributed by atoms with Crippen LogP contribution in [-0.2, 0) is 0 Å². The Morgan fingerprint density at radius 3 is 2.61 bits per heavy atom. The minimum atomic E-state index is 0.446. The Bertz CT molecular complexity index is 296. The van der Waals surface area contributed by atoms with Crippen molar-refractivity contribution in [3.63, 3.8) is 0 Å². The Kier molecular flexibility index (Phi) is 4.22. The second kappa shape index (κ2) is 5.57. The summed E-state index contributed by atoms with van der Waals surface area (Å²) in [7, 11) is 0. The van der Waals surface area contributed by atoms with Crippen molar-refractivity contribution in [3.05, 3.63) is 0 Å². The van der Waals surface area contributed by atoms with Gasteiger partial charge in [-0.3, -0.25) is 0 Å². The van der Waals surface area contributed by atoms with Gasteiger partial charge in [-0.2, -0.15) is 23.5 Å². The molecule has 7 unspecified atom stereocenters. The van der Waals surface area contributed by atoms with Gasteiger partial charge in [-0.15, -0.1) is 0 Å². The summed E-state index contributed by atoms with van der Waals surface area (Å²) in [6, 6.07) is 0.446. The molecule has 0 amide bonds. The molecular formula is C15H27NS2. The van der Waals surface area contributed by atoms with Crippen LogP contribution in [0.5, 0.6) is 0 Å². The van der Waals surface area contributed by atoms with Crippen LogP contribution in [0.15, 0.2) is 0 Å². The van der Waals surface area contributed by atoms with Gasteiger partial charge in [0.2, 0.25) is 0 Å². The molecular weight excluding hydrogens is 258 g/mol. The van der Waals surface area contributed by atoms with Crippen molar-refractivity contribution in [3.8, 4) is 0 Å². The maximum atomic E-state index is 6.53. The van der Waals surface area contributed by atoms with Gasteiger partial charge >= 0.3 is 0 Å². The van der Waals surface area contributed by atoms with Crippen LogP contribution in [0.25, 0.3) is 0 Å². The molecule has 0 radical (unpaired) electrons. The molecule has 3 heteroatoms. The van der Waals surface area contributed by atoms with Gasteiger partial charge in [0.05, 0.1) is 0 Å². The van der Waals surface area contributed by atoms with Crippen molar-refractivity contribution in [1.82, 2.24) is 0 Å². The highest BCUT2D eigenvalue weighted by molar-refractivity contribution is 8.07. The van der Waals surface area contributed by atoms with Crippen molar-refractivity contribution in [2.45, 2.75) is 67.7 Å². The van der Waals surface area contributed by atoms with Crippen LogP contribution in [0, 0.1) is 17.8 Å². The zero-order valence-corrected chi connectivity index (χ0v) is 13.3. The third-order valence-corrected chi connectivity index (χ3v) is 9.08. The van der Waals surface area contributed by atoms with Crippen molar-refractivity contribution in [1.29, 1.82) is 0 Å². The summed E-state index contributed by atoms with van der Waals surface area (Å²) >= 11 is 4.30. The molecule has 3 aliphatic rings. The predicted molar refractivity (Wildman–Crippen MR) is 84.3 cm³/mol. The number of rotatable bonds is 3. The number of hydrogen-bond acceptors (Lipinski definition) is 3. The summed E-state index contributed by atoms with van der Waals surface area (Å²) < 4.78 is 0. The van der Waals surface area contributed by atoms with Crippen molar-refractivity contribution in [2.75, 3.05) is 5.75 Å². The van der Waals surface area contributed by atoms with Crippen LogP contribution in [0.4, 0.5) is 0 Å². The first-order chi connectivity index (χ1) is 8.63. The molecule has 3 fully saturated rings. The SMILES string of the molecule is CC1SCC(C(N)CC2CC3CCC2C3)SC1C. The molecule has 2 saturated carbocycles. The zero-order valence-electron chi connectivity index (χ0n) is 11.7. The van der Waals surface area contributed by atoms with Gasteiger partial charge in [-0.05, 0) is 43.4 Å². The summed E-state index contributed by atoms with van der Waals surface area (Å²) in [5, 5.41) is 2.29. The summed E-state index contributed by atoms with van der Waals surface area (Å²) in [5.41, 5.74) is 6.53. The average molecular weight is 286 g/mol. The number of fused-ring (bicyclic) bond motifs is 2. The Morgan fingerprint density at radius 1 is 1.17 bits per heavy atom. The second-order valence-electron chi connectivity index (χ2n) is 6.75. The summed E-state index contributed by atoms with van der Waals surface area (Å²) in [6.07, 6.45) is 7.34. The molecule has 1 aliphatic heterocycles. The molecule has 2 bridgehead atoms. The summed E-state index contributed by atoms with van der Waals surface area (Å²) in [5.74, 6) is 4.36. The molecule has 0 aromatic rings. The van der Waals surface area contributed by atoms with E-state index in [1.807, 2.05) is 0 Å². The summed E-state index contributed by atoms with van der Waals surface area (Å²) in [4.78, 5) is 0. The van der Waals surface area contributed by atoms with Gasteiger partial charge in [0, 0.05) is 27.5 Å². The zero-order chi connectivity index (χ0) is 12.7. The van der Waals surface area contributed by atoms with Gasteiger partial charge in [0.15, 0.2) is 0 Å². The van der Waals surface area contributed by atoms with Crippen LogP contribution in [0.3, 0.4) is 0 Å². The lowest BCUT2D eigenvalue weighted by atomic mass is 9.84. The third-order valence-electron chi connectivity index (χ3n) is 5.51. The molecule has 2 aliphatic carbocycles. The lowest BCUT2D eigenvalue weighted by Gasteiger charge is -2.36. The first kappa shape index (κ1) is 13.6. The molecule has 0 aromatic carbocycles. The fourth-order valence-corrected chi connectivity index (χ4v) is 7.27. The van der Waals surface area contributed by atoms with E-state index in [0.717, 1.165) is 28.3 Å². The molecule has 18 heavy (non-hydrogen) atoms. The van der Waals surface area contributed by atoms with Crippen molar-refractivity contribution in [2.24, 2.45) is 23.5 Å². The Labute approximate surface area is 120 Å². The van der Waals surface area contributed by atoms with Crippen LogP contribution >= 0.6 is 23.5 Å². The topological polar surface area (TPSA) is 26.0 Å².